The lowest BCUT2D eigenvalue weighted by Gasteiger charge is -2.07. The van der Waals surface area contributed by atoms with Crippen LogP contribution in [-0.4, -0.2) is 20.4 Å². The predicted octanol–water partition coefficient (Wildman–Crippen LogP) is 4.45. The number of hydrogen-bond acceptors (Lipinski definition) is 5. The monoisotopic (exact) mass is 472 g/mol. The summed E-state index contributed by atoms with van der Waals surface area (Å²) in [6.07, 6.45) is 1.55. The average molecular weight is 473 g/mol. The molecule has 0 atom stereocenters. The minimum Gasteiger partial charge on any atom is -0.302 e. The molecule has 29 heavy (non-hydrogen) atoms. The molecule has 4 rings (SSSR count). The zero-order valence-corrected chi connectivity index (χ0v) is 17.3. The second-order valence-corrected chi connectivity index (χ2v) is 8.02. The number of aryl methyl sites for hydroxylation is 1. The van der Waals surface area contributed by atoms with Gasteiger partial charge in [0.2, 0.25) is 5.91 Å². The summed E-state index contributed by atoms with van der Waals surface area (Å²) >= 11 is 4.63. The van der Waals surface area contributed by atoms with Crippen molar-refractivity contribution in [1.82, 2.24) is 14.5 Å². The second-order valence-electron chi connectivity index (χ2n) is 6.25. The van der Waals surface area contributed by atoms with Crippen LogP contribution in [0, 0.1) is 5.82 Å². The van der Waals surface area contributed by atoms with Gasteiger partial charge in [0.15, 0.2) is 5.13 Å². The van der Waals surface area contributed by atoms with Crippen molar-refractivity contribution in [2.24, 2.45) is 0 Å². The van der Waals surface area contributed by atoms with Crippen molar-refractivity contribution in [1.29, 1.82) is 0 Å². The van der Waals surface area contributed by atoms with Gasteiger partial charge in [0.05, 0.1) is 22.9 Å². The van der Waals surface area contributed by atoms with E-state index in [4.69, 9.17) is 0 Å². The van der Waals surface area contributed by atoms with E-state index in [9.17, 15) is 14.0 Å². The normalized spacial score (nSPS) is 11.0. The Labute approximate surface area is 177 Å². The van der Waals surface area contributed by atoms with Crippen LogP contribution in [0.5, 0.6) is 0 Å². The minimum atomic E-state index is -0.316. The molecule has 0 radical (unpaired) electrons. The molecule has 0 aliphatic carbocycles. The summed E-state index contributed by atoms with van der Waals surface area (Å²) < 4.78 is 15.2. The van der Waals surface area contributed by atoms with Crippen molar-refractivity contribution in [3.8, 4) is 11.3 Å². The number of aromatic nitrogens is 3. The Bertz CT molecular complexity index is 1250. The molecule has 2 aromatic carbocycles. The van der Waals surface area contributed by atoms with Crippen LogP contribution in [0.25, 0.3) is 22.2 Å². The third kappa shape index (κ3) is 4.41. The van der Waals surface area contributed by atoms with Gasteiger partial charge in [0, 0.05) is 28.4 Å². The summed E-state index contributed by atoms with van der Waals surface area (Å²) in [5.74, 6) is -0.575. The van der Waals surface area contributed by atoms with E-state index in [-0.39, 0.29) is 30.2 Å². The van der Waals surface area contributed by atoms with E-state index in [1.165, 1.54) is 34.4 Å². The molecule has 4 aromatic rings. The number of rotatable bonds is 5. The number of carbonyl (C=O) groups is 1. The number of halogens is 2. The highest BCUT2D eigenvalue weighted by Gasteiger charge is 2.10. The van der Waals surface area contributed by atoms with Crippen molar-refractivity contribution < 1.29 is 9.18 Å². The first kappa shape index (κ1) is 19.4. The average Bonchev–Trinajstić information content (AvgIpc) is 3.17. The molecule has 0 aliphatic heterocycles. The summed E-state index contributed by atoms with van der Waals surface area (Å²) in [5, 5.41) is 5.46. The van der Waals surface area contributed by atoms with Crippen molar-refractivity contribution in [3.63, 3.8) is 0 Å². The molecule has 1 amide bonds. The first-order valence-electron chi connectivity index (χ1n) is 8.65. The molecule has 0 unspecified atom stereocenters. The van der Waals surface area contributed by atoms with Crippen LogP contribution in [0.15, 0.2) is 63.4 Å². The van der Waals surface area contributed by atoms with Crippen molar-refractivity contribution >= 4 is 49.2 Å². The van der Waals surface area contributed by atoms with E-state index in [1.54, 1.807) is 29.6 Å². The Morgan fingerprint density at radius 3 is 2.79 bits per heavy atom. The molecule has 1 N–H and O–H groups in total. The first-order valence-corrected chi connectivity index (χ1v) is 10.3. The van der Waals surface area contributed by atoms with Gasteiger partial charge in [-0.25, -0.2) is 14.4 Å². The van der Waals surface area contributed by atoms with E-state index < -0.39 is 0 Å². The molecule has 6 nitrogen and oxygen atoms in total. The number of carbonyl (C=O) groups excluding carboxylic acids is 1. The largest absolute Gasteiger partial charge is 0.302 e. The van der Waals surface area contributed by atoms with Crippen molar-refractivity contribution in [3.05, 3.63) is 74.8 Å². The maximum absolute atomic E-state index is 13.0. The molecular formula is C20H14BrFN4O2S. The van der Waals surface area contributed by atoms with Crippen molar-refractivity contribution in [2.45, 2.75) is 13.0 Å². The van der Waals surface area contributed by atoms with Gasteiger partial charge in [0.1, 0.15) is 5.82 Å². The maximum Gasteiger partial charge on any atom is 0.261 e. The van der Waals surface area contributed by atoms with Gasteiger partial charge in [-0.15, -0.1) is 11.3 Å². The van der Waals surface area contributed by atoms with E-state index in [2.05, 4.69) is 31.2 Å². The van der Waals surface area contributed by atoms with Gasteiger partial charge in [0.25, 0.3) is 5.56 Å². The Hall–Kier alpha value is -2.91. The minimum absolute atomic E-state index is 0.104. The zero-order chi connectivity index (χ0) is 20.4. The van der Waals surface area contributed by atoms with Crippen LogP contribution < -0.4 is 10.9 Å². The molecular weight excluding hydrogens is 459 g/mol. The molecule has 9 heteroatoms. The molecule has 2 heterocycles. The van der Waals surface area contributed by atoms with Crippen LogP contribution in [0.3, 0.4) is 0 Å². The summed E-state index contributed by atoms with van der Waals surface area (Å²) in [6.45, 7) is 0.205. The van der Waals surface area contributed by atoms with Gasteiger partial charge >= 0.3 is 0 Å². The quantitative estimate of drug-likeness (QED) is 0.465. The van der Waals surface area contributed by atoms with Crippen molar-refractivity contribution in [2.75, 3.05) is 5.32 Å². The third-order valence-electron chi connectivity index (χ3n) is 4.26. The fourth-order valence-electron chi connectivity index (χ4n) is 2.78. The number of anilines is 1. The standard InChI is InChI=1S/C20H14BrFN4O2S/c21-13-3-6-16-15(9-13)19(28)26(11-23-16)8-7-18(27)25-20-24-17(10-29-20)12-1-4-14(22)5-2-12/h1-6,9-11H,7-8H2,(H,24,25,27). The molecule has 0 bridgehead atoms. The van der Waals surface area contributed by atoms with E-state index in [0.29, 0.717) is 21.7 Å². The zero-order valence-electron chi connectivity index (χ0n) is 14.9. The van der Waals surface area contributed by atoms with Gasteiger partial charge in [-0.05, 0) is 42.5 Å². The molecule has 0 spiro atoms. The van der Waals surface area contributed by atoms with Gasteiger partial charge in [-0.1, -0.05) is 15.9 Å². The summed E-state index contributed by atoms with van der Waals surface area (Å²) in [5.41, 5.74) is 1.83. The number of amides is 1. The maximum atomic E-state index is 13.0. The highest BCUT2D eigenvalue weighted by molar-refractivity contribution is 9.10. The lowest BCUT2D eigenvalue weighted by Crippen LogP contribution is -2.23. The third-order valence-corrected chi connectivity index (χ3v) is 5.51. The van der Waals surface area contributed by atoms with Gasteiger partial charge in [-0.3, -0.25) is 14.2 Å². The Morgan fingerprint density at radius 2 is 2.00 bits per heavy atom. The lowest BCUT2D eigenvalue weighted by atomic mass is 10.2. The van der Waals surface area contributed by atoms with Gasteiger partial charge < -0.3 is 5.32 Å². The van der Waals surface area contributed by atoms with Crippen LogP contribution in [-0.2, 0) is 11.3 Å². The van der Waals surface area contributed by atoms with Crippen LogP contribution >= 0.6 is 27.3 Å². The molecule has 0 saturated heterocycles. The first-order chi connectivity index (χ1) is 14.0. The number of nitrogens with one attached hydrogen (secondary N) is 1. The Balaban J connectivity index is 1.42. The molecule has 2 aromatic heterocycles. The van der Waals surface area contributed by atoms with E-state index in [1.807, 2.05) is 6.07 Å². The number of hydrogen-bond donors (Lipinski definition) is 1. The highest BCUT2D eigenvalue weighted by Crippen LogP contribution is 2.25. The molecule has 0 aliphatic rings. The van der Waals surface area contributed by atoms with Crippen LogP contribution in [0.2, 0.25) is 0 Å². The SMILES string of the molecule is O=C(CCn1cnc2ccc(Br)cc2c1=O)Nc1nc(-c2ccc(F)cc2)cs1. The number of fused-ring (bicyclic) bond motifs is 1. The Morgan fingerprint density at radius 1 is 1.21 bits per heavy atom. The topological polar surface area (TPSA) is 76.9 Å². The van der Waals surface area contributed by atoms with Gasteiger partial charge in [-0.2, -0.15) is 0 Å². The lowest BCUT2D eigenvalue weighted by molar-refractivity contribution is -0.116. The van der Waals surface area contributed by atoms with E-state index in [0.717, 1.165) is 10.0 Å². The molecule has 0 fully saturated rings. The fraction of sp³-hybridized carbons (Fsp3) is 0.100. The summed E-state index contributed by atoms with van der Waals surface area (Å²) in [6, 6.07) is 11.3. The highest BCUT2D eigenvalue weighted by atomic mass is 79.9. The number of thiazole rings is 1. The predicted molar refractivity (Wildman–Crippen MR) is 114 cm³/mol. The summed E-state index contributed by atoms with van der Waals surface area (Å²) in [4.78, 5) is 33.4. The Kier molecular flexibility index (Phi) is 5.50. The number of nitrogens with zero attached hydrogens (tertiary/aromatic N) is 3. The summed E-state index contributed by atoms with van der Waals surface area (Å²) in [7, 11) is 0. The smallest absolute Gasteiger partial charge is 0.261 e. The number of benzene rings is 2. The molecule has 146 valence electrons. The molecule has 0 saturated carbocycles. The fourth-order valence-corrected chi connectivity index (χ4v) is 3.88. The second kappa shape index (κ2) is 8.22. The van der Waals surface area contributed by atoms with Crippen LogP contribution in [0.4, 0.5) is 9.52 Å². The van der Waals surface area contributed by atoms with Crippen LogP contribution in [0.1, 0.15) is 6.42 Å². The van der Waals surface area contributed by atoms with E-state index >= 15 is 0 Å².